The molecule has 1 heterocycles. The van der Waals surface area contributed by atoms with Crippen LogP contribution in [0.2, 0.25) is 24.7 Å². The summed E-state index contributed by atoms with van der Waals surface area (Å²) < 4.78 is 18.9. The van der Waals surface area contributed by atoms with E-state index in [0.29, 0.717) is 0 Å². The van der Waals surface area contributed by atoms with E-state index in [9.17, 15) is 4.79 Å². The molecule has 0 saturated carbocycles. The van der Waals surface area contributed by atoms with Crippen molar-refractivity contribution in [2.75, 3.05) is 6.61 Å². The van der Waals surface area contributed by atoms with Crippen molar-refractivity contribution in [3.63, 3.8) is 0 Å². The third-order valence-electron chi connectivity index (χ3n) is 5.91. The summed E-state index contributed by atoms with van der Waals surface area (Å²) in [6.45, 7) is 15.0. The van der Waals surface area contributed by atoms with Gasteiger partial charge in [-0.2, -0.15) is 0 Å². The van der Waals surface area contributed by atoms with Gasteiger partial charge in [0, 0.05) is 6.92 Å². The second-order valence-corrected chi connectivity index (χ2v) is 20.1. The Morgan fingerprint density at radius 2 is 1.49 bits per heavy atom. The van der Waals surface area contributed by atoms with Gasteiger partial charge in [0.15, 0.2) is 0 Å². The van der Waals surface area contributed by atoms with E-state index in [1.807, 2.05) is 18.2 Å². The molecular formula is C29H38O4Si2. The van der Waals surface area contributed by atoms with Gasteiger partial charge < -0.3 is 13.9 Å². The zero-order valence-corrected chi connectivity index (χ0v) is 24.0. The monoisotopic (exact) mass is 506 g/mol. The van der Waals surface area contributed by atoms with Crippen molar-refractivity contribution in [3.8, 4) is 11.5 Å². The Hall–Kier alpha value is -2.44. The summed E-state index contributed by atoms with van der Waals surface area (Å²) in [5.41, 5.74) is 3.47. The lowest BCUT2D eigenvalue weighted by atomic mass is 10.1. The van der Waals surface area contributed by atoms with Crippen LogP contribution >= 0.6 is 0 Å². The molecule has 0 spiro atoms. The molecule has 0 aliphatic carbocycles. The van der Waals surface area contributed by atoms with Gasteiger partial charge in [-0.3, -0.25) is 4.79 Å². The van der Waals surface area contributed by atoms with Crippen molar-refractivity contribution in [2.24, 2.45) is 0 Å². The minimum Gasteiger partial charge on any atom is -0.463 e. The molecule has 0 bridgehead atoms. The Labute approximate surface area is 212 Å². The van der Waals surface area contributed by atoms with E-state index >= 15 is 0 Å². The molecule has 0 unspecified atom stereocenters. The molecule has 3 rings (SSSR count). The van der Waals surface area contributed by atoms with Gasteiger partial charge in [0.05, 0.1) is 0 Å². The van der Waals surface area contributed by atoms with E-state index in [4.69, 9.17) is 13.9 Å². The van der Waals surface area contributed by atoms with Crippen LogP contribution in [0.1, 0.15) is 27.7 Å². The number of hydrogen-bond donors (Lipinski definition) is 0. The molecule has 3 atom stereocenters. The fraction of sp³-hybridized carbons (Fsp3) is 0.414. The van der Waals surface area contributed by atoms with Gasteiger partial charge >= 0.3 is 5.97 Å². The van der Waals surface area contributed by atoms with Crippen LogP contribution in [-0.4, -0.2) is 47.3 Å². The number of carbonyl (C=O) groups is 1. The zero-order valence-electron chi connectivity index (χ0n) is 22.0. The number of rotatable bonds is 6. The maximum Gasteiger partial charge on any atom is 0.302 e. The number of benzene rings is 2. The average Bonchev–Trinajstić information content (AvgIpc) is 2.80. The maximum absolute atomic E-state index is 11.4. The van der Waals surface area contributed by atoms with E-state index in [2.05, 4.69) is 106 Å². The molecule has 0 aromatic heterocycles. The van der Waals surface area contributed by atoms with E-state index in [1.54, 1.807) is 0 Å². The lowest BCUT2D eigenvalue weighted by molar-refractivity contribution is -0.145. The molecule has 186 valence electrons. The van der Waals surface area contributed by atoms with Crippen LogP contribution in [0.5, 0.6) is 0 Å². The summed E-state index contributed by atoms with van der Waals surface area (Å²) in [4.78, 5) is 11.4. The van der Waals surface area contributed by atoms with Gasteiger partial charge in [0.25, 0.3) is 8.32 Å². The first-order valence-electron chi connectivity index (χ1n) is 12.2. The fourth-order valence-corrected chi connectivity index (χ4v) is 9.54. The Bertz CT molecular complexity index is 1030. The molecule has 35 heavy (non-hydrogen) atoms. The molecule has 0 amide bonds. The lowest BCUT2D eigenvalue weighted by Gasteiger charge is -2.46. The van der Waals surface area contributed by atoms with Crippen molar-refractivity contribution < 1.29 is 18.7 Å². The van der Waals surface area contributed by atoms with Gasteiger partial charge in [-0.25, -0.2) is 0 Å². The third-order valence-corrected chi connectivity index (χ3v) is 11.8. The predicted octanol–water partition coefficient (Wildman–Crippen LogP) is 4.70. The van der Waals surface area contributed by atoms with Crippen LogP contribution in [0, 0.1) is 11.5 Å². The normalized spacial score (nSPS) is 20.6. The smallest absolute Gasteiger partial charge is 0.302 e. The van der Waals surface area contributed by atoms with Crippen molar-refractivity contribution in [2.45, 2.75) is 70.7 Å². The quantitative estimate of drug-likeness (QED) is 0.247. The van der Waals surface area contributed by atoms with Crippen LogP contribution in [0.15, 0.2) is 72.8 Å². The molecular weight excluding hydrogens is 468 g/mol. The highest BCUT2D eigenvalue weighted by Crippen LogP contribution is 2.38. The summed E-state index contributed by atoms with van der Waals surface area (Å²) in [5.74, 6) is 3.08. The minimum atomic E-state index is -2.78. The molecule has 0 radical (unpaired) electrons. The first kappa shape index (κ1) is 27.2. The average molecular weight is 507 g/mol. The van der Waals surface area contributed by atoms with E-state index in [1.165, 1.54) is 17.3 Å². The first-order chi connectivity index (χ1) is 16.4. The third kappa shape index (κ3) is 6.83. The minimum absolute atomic E-state index is 0.158. The standard InChI is InChI=1S/C29H38O4Si2/c1-23(30)31-22-24-18-19-28(27(32-24)20-21-34(5,6)7)33-35(29(2,3)4,25-14-10-8-11-15-25)26-16-12-9-13-17-26/h8-19,24,27-28H,22H2,1-7H3/t24-,27-,28+/m0/s1. The zero-order chi connectivity index (χ0) is 25.7. The summed E-state index contributed by atoms with van der Waals surface area (Å²) in [5, 5.41) is 2.27. The van der Waals surface area contributed by atoms with Gasteiger partial charge in [-0.05, 0) is 15.4 Å². The van der Waals surface area contributed by atoms with Crippen LogP contribution in [0.3, 0.4) is 0 Å². The van der Waals surface area contributed by atoms with E-state index < -0.39 is 22.5 Å². The maximum atomic E-state index is 11.4. The Morgan fingerprint density at radius 3 is 1.94 bits per heavy atom. The lowest BCUT2D eigenvalue weighted by Crippen LogP contribution is -2.68. The molecule has 2 aromatic rings. The summed E-state index contributed by atoms with van der Waals surface area (Å²) in [6.07, 6.45) is 2.85. The van der Waals surface area contributed by atoms with Crippen molar-refractivity contribution >= 4 is 32.7 Å². The molecule has 0 fully saturated rings. The predicted molar refractivity (Wildman–Crippen MR) is 148 cm³/mol. The fourth-order valence-electron chi connectivity index (χ4n) is 4.34. The van der Waals surface area contributed by atoms with Crippen molar-refractivity contribution in [1.82, 2.24) is 0 Å². The van der Waals surface area contributed by atoms with Crippen LogP contribution in [0.25, 0.3) is 0 Å². The Kier molecular flexibility index (Phi) is 8.60. The molecule has 0 saturated heterocycles. The highest BCUT2D eigenvalue weighted by atomic mass is 28.4. The molecule has 1 aliphatic rings. The Balaban J connectivity index is 2.11. The molecule has 1 aliphatic heterocycles. The molecule has 2 aromatic carbocycles. The van der Waals surface area contributed by atoms with E-state index in [0.717, 1.165) is 0 Å². The Morgan fingerprint density at radius 1 is 0.943 bits per heavy atom. The number of hydrogen-bond acceptors (Lipinski definition) is 4. The molecule has 4 nitrogen and oxygen atoms in total. The van der Waals surface area contributed by atoms with Crippen LogP contribution < -0.4 is 10.4 Å². The van der Waals surface area contributed by atoms with Gasteiger partial charge in [-0.1, -0.05) is 119 Å². The summed E-state index contributed by atoms with van der Waals surface area (Å²) in [6, 6.07) is 21.2. The number of esters is 1. The number of carbonyl (C=O) groups excluding carboxylic acids is 1. The van der Waals surface area contributed by atoms with Gasteiger partial charge in [-0.15, -0.1) is 5.54 Å². The second-order valence-electron chi connectivity index (χ2n) is 11.0. The largest absolute Gasteiger partial charge is 0.463 e. The second kappa shape index (κ2) is 11.1. The van der Waals surface area contributed by atoms with Gasteiger partial charge in [0.2, 0.25) is 0 Å². The van der Waals surface area contributed by atoms with Crippen molar-refractivity contribution in [1.29, 1.82) is 0 Å². The molecule has 6 heteroatoms. The molecule has 0 N–H and O–H groups in total. The van der Waals surface area contributed by atoms with Gasteiger partial charge in [0.1, 0.15) is 33.0 Å². The van der Waals surface area contributed by atoms with Crippen molar-refractivity contribution in [3.05, 3.63) is 72.8 Å². The number of ether oxygens (including phenoxy) is 2. The topological polar surface area (TPSA) is 44.8 Å². The van der Waals surface area contributed by atoms with E-state index in [-0.39, 0.29) is 29.8 Å². The highest BCUT2D eigenvalue weighted by Gasteiger charge is 2.52. The summed E-state index contributed by atoms with van der Waals surface area (Å²) in [7, 11) is -4.43. The van der Waals surface area contributed by atoms with Crippen LogP contribution in [0.4, 0.5) is 0 Å². The summed E-state index contributed by atoms with van der Waals surface area (Å²) >= 11 is 0. The first-order valence-corrected chi connectivity index (χ1v) is 17.6. The van der Waals surface area contributed by atoms with Crippen LogP contribution in [-0.2, 0) is 18.7 Å². The SMILES string of the molecule is CC(=O)OC[C@@H]1C=C[C@@H](O[Si](c2ccccc2)(c2ccccc2)C(C)(C)C)[C@H](C#C[Si](C)(C)C)O1. The highest BCUT2D eigenvalue weighted by molar-refractivity contribution is 6.99.